The van der Waals surface area contributed by atoms with Gasteiger partial charge in [0, 0.05) is 38.3 Å². The Kier molecular flexibility index (Phi) is 11.6. The van der Waals surface area contributed by atoms with Gasteiger partial charge in [0.1, 0.15) is 18.0 Å². The lowest BCUT2D eigenvalue weighted by Crippen LogP contribution is -2.41. The second-order valence-electron chi connectivity index (χ2n) is 9.45. The minimum Gasteiger partial charge on any atom is -0.494 e. The maximum absolute atomic E-state index is 13.7. The van der Waals surface area contributed by atoms with Gasteiger partial charge in [0.15, 0.2) is 11.6 Å². The van der Waals surface area contributed by atoms with Crippen molar-refractivity contribution in [2.24, 2.45) is 0 Å². The predicted octanol–water partition coefficient (Wildman–Crippen LogP) is 4.30. The first-order valence-corrected chi connectivity index (χ1v) is 12.4. The first-order chi connectivity index (χ1) is 18.0. The number of amides is 2. The molecule has 2 rings (SSSR count). The van der Waals surface area contributed by atoms with E-state index in [2.05, 4.69) is 37.8 Å². The van der Waals surface area contributed by atoms with E-state index in [0.29, 0.717) is 48.9 Å². The van der Waals surface area contributed by atoms with Crippen LogP contribution in [-0.2, 0) is 9.53 Å². The van der Waals surface area contributed by atoms with Crippen molar-refractivity contribution >= 4 is 29.5 Å². The molecule has 1 aromatic carbocycles. The molecule has 0 aliphatic rings. The third-order valence-corrected chi connectivity index (χ3v) is 4.85. The molecule has 1 heterocycles. The average molecular weight is 529 g/mol. The first-order valence-electron chi connectivity index (χ1n) is 12.4. The number of nitrogens with one attached hydrogen (secondary N) is 3. The monoisotopic (exact) mass is 528 g/mol. The molecular formula is C27H37FN6O4. The van der Waals surface area contributed by atoms with Crippen molar-refractivity contribution < 1.29 is 23.5 Å². The molecule has 38 heavy (non-hydrogen) atoms. The summed E-state index contributed by atoms with van der Waals surface area (Å²) in [5.41, 5.74) is 0.608. The summed E-state index contributed by atoms with van der Waals surface area (Å²) in [4.78, 5) is 34.1. The van der Waals surface area contributed by atoms with Crippen LogP contribution in [0, 0.1) is 17.7 Å². The number of methoxy groups -OCH3 is 1. The number of nitrogens with zero attached hydrogens (tertiary/aromatic N) is 3. The number of benzene rings is 1. The summed E-state index contributed by atoms with van der Waals surface area (Å²) in [5, 5.41) is 9.08. The average Bonchev–Trinajstić information content (AvgIpc) is 2.85. The van der Waals surface area contributed by atoms with Gasteiger partial charge in [-0.3, -0.25) is 4.79 Å². The highest BCUT2D eigenvalue weighted by Crippen LogP contribution is 2.24. The number of rotatable bonds is 11. The second kappa shape index (κ2) is 14.6. The largest absolute Gasteiger partial charge is 0.494 e. The Labute approximate surface area is 223 Å². The van der Waals surface area contributed by atoms with E-state index in [0.717, 1.165) is 6.42 Å². The molecule has 0 saturated heterocycles. The van der Waals surface area contributed by atoms with Crippen LogP contribution in [0.4, 0.5) is 26.6 Å². The molecule has 0 spiro atoms. The molecule has 3 N–H and O–H groups in total. The maximum Gasteiger partial charge on any atom is 0.410 e. The summed E-state index contributed by atoms with van der Waals surface area (Å²) in [5.74, 6) is 6.48. The van der Waals surface area contributed by atoms with Gasteiger partial charge in [-0.1, -0.05) is 18.8 Å². The number of unbranched alkanes of at least 4 members (excludes halogenated alkanes) is 1. The summed E-state index contributed by atoms with van der Waals surface area (Å²) in [6.07, 6.45) is 3.16. The summed E-state index contributed by atoms with van der Waals surface area (Å²) in [6, 6.07) is 4.40. The molecule has 1 aromatic heterocycles. The minimum absolute atomic E-state index is 0.0878. The predicted molar refractivity (Wildman–Crippen MR) is 145 cm³/mol. The van der Waals surface area contributed by atoms with Crippen LogP contribution in [0.5, 0.6) is 5.75 Å². The number of carbonyl (C=O) groups is 2. The molecule has 0 aliphatic heterocycles. The van der Waals surface area contributed by atoms with E-state index in [1.807, 2.05) is 6.92 Å². The molecule has 10 nitrogen and oxygen atoms in total. The highest BCUT2D eigenvalue weighted by molar-refractivity contribution is 5.82. The summed E-state index contributed by atoms with van der Waals surface area (Å²) in [6.45, 7) is 8.40. The van der Waals surface area contributed by atoms with Crippen LogP contribution < -0.4 is 20.7 Å². The summed E-state index contributed by atoms with van der Waals surface area (Å²) >= 11 is 0. The van der Waals surface area contributed by atoms with Crippen molar-refractivity contribution in [1.82, 2.24) is 20.2 Å². The molecular weight excluding hydrogens is 491 g/mol. The number of anilines is 3. The van der Waals surface area contributed by atoms with Gasteiger partial charge in [-0.25, -0.2) is 14.2 Å². The van der Waals surface area contributed by atoms with Crippen molar-refractivity contribution in [2.75, 3.05) is 44.4 Å². The minimum atomic E-state index is -0.620. The molecule has 11 heteroatoms. The quantitative estimate of drug-likeness (QED) is 0.292. The normalized spacial score (nSPS) is 10.6. The van der Waals surface area contributed by atoms with E-state index >= 15 is 0 Å². The second-order valence-corrected chi connectivity index (χ2v) is 9.45. The van der Waals surface area contributed by atoms with Crippen LogP contribution in [-0.4, -0.2) is 66.3 Å². The fourth-order valence-corrected chi connectivity index (χ4v) is 3.02. The van der Waals surface area contributed by atoms with Crippen LogP contribution in [0.3, 0.4) is 0 Å². The molecule has 0 fully saturated rings. The Bertz CT molecular complexity index is 1160. The van der Waals surface area contributed by atoms with Gasteiger partial charge in [0.05, 0.1) is 18.9 Å². The Hall–Kier alpha value is -4.07. The van der Waals surface area contributed by atoms with E-state index < -0.39 is 17.5 Å². The lowest BCUT2D eigenvalue weighted by Gasteiger charge is -2.24. The third kappa shape index (κ3) is 10.5. The fraction of sp³-hybridized carbons (Fsp3) is 0.481. The van der Waals surface area contributed by atoms with Gasteiger partial charge in [0.25, 0.3) is 0 Å². The Morgan fingerprint density at radius 2 is 1.97 bits per heavy atom. The van der Waals surface area contributed by atoms with Gasteiger partial charge in [-0.2, -0.15) is 4.98 Å². The fourth-order valence-electron chi connectivity index (χ4n) is 3.02. The van der Waals surface area contributed by atoms with Gasteiger partial charge in [-0.05, 0) is 45.7 Å². The van der Waals surface area contributed by atoms with Crippen LogP contribution in [0.15, 0.2) is 24.4 Å². The van der Waals surface area contributed by atoms with Crippen LogP contribution >= 0.6 is 0 Å². The summed E-state index contributed by atoms with van der Waals surface area (Å²) < 4.78 is 23.9. The van der Waals surface area contributed by atoms with Crippen molar-refractivity contribution in [3.05, 3.63) is 35.8 Å². The van der Waals surface area contributed by atoms with Gasteiger partial charge in [0.2, 0.25) is 11.9 Å². The van der Waals surface area contributed by atoms with E-state index in [9.17, 15) is 14.0 Å². The number of hydrogen-bond acceptors (Lipinski definition) is 8. The zero-order chi connectivity index (χ0) is 28.1. The Morgan fingerprint density at radius 3 is 2.66 bits per heavy atom. The van der Waals surface area contributed by atoms with E-state index in [1.165, 1.54) is 31.2 Å². The lowest BCUT2D eigenvalue weighted by atomic mass is 10.2. The number of carbonyl (C=O) groups excluding carboxylic acids is 2. The van der Waals surface area contributed by atoms with Crippen LogP contribution in [0.2, 0.25) is 0 Å². The van der Waals surface area contributed by atoms with Gasteiger partial charge >= 0.3 is 6.09 Å². The highest BCUT2D eigenvalue weighted by Gasteiger charge is 2.20. The van der Waals surface area contributed by atoms with Crippen molar-refractivity contribution in [3.8, 4) is 17.6 Å². The van der Waals surface area contributed by atoms with E-state index in [1.54, 1.807) is 33.0 Å². The van der Waals surface area contributed by atoms with Crippen molar-refractivity contribution in [2.45, 2.75) is 52.6 Å². The standard InChI is InChI=1S/C27H37FN6O4/c1-7-14-30-24-19(17-31-25(33-24)32-20-12-13-21(28)22(16-20)37-6)11-9-8-10-15-29-23(35)18-34(5)26(36)38-27(2,3)4/h12-13,16-17H,7-8,10,14-15,18H2,1-6H3,(H,29,35)(H2,30,31,32,33). The van der Waals surface area contributed by atoms with Crippen LogP contribution in [0.25, 0.3) is 0 Å². The van der Waals surface area contributed by atoms with Crippen molar-refractivity contribution in [3.63, 3.8) is 0 Å². The number of likely N-dealkylation sites (N-methyl/N-ethyl adjacent to an activating group) is 1. The smallest absolute Gasteiger partial charge is 0.410 e. The zero-order valence-electron chi connectivity index (χ0n) is 22.9. The van der Waals surface area contributed by atoms with E-state index in [4.69, 9.17) is 9.47 Å². The molecule has 206 valence electrons. The number of aromatic nitrogens is 2. The molecule has 2 aromatic rings. The Morgan fingerprint density at radius 1 is 1.21 bits per heavy atom. The molecule has 0 bridgehead atoms. The molecule has 0 radical (unpaired) electrons. The van der Waals surface area contributed by atoms with E-state index in [-0.39, 0.29) is 18.2 Å². The molecule has 0 saturated carbocycles. The zero-order valence-corrected chi connectivity index (χ0v) is 22.9. The summed E-state index contributed by atoms with van der Waals surface area (Å²) in [7, 11) is 2.92. The van der Waals surface area contributed by atoms with Crippen LogP contribution in [0.1, 0.15) is 52.5 Å². The molecule has 0 unspecified atom stereocenters. The van der Waals surface area contributed by atoms with Crippen molar-refractivity contribution in [1.29, 1.82) is 0 Å². The SMILES string of the molecule is CCCNc1nc(Nc2ccc(F)c(OC)c2)ncc1C#CCCCNC(=O)CN(C)C(=O)OC(C)(C)C. The number of hydrogen-bond donors (Lipinski definition) is 3. The molecule has 2 amide bonds. The number of halogens is 1. The third-order valence-electron chi connectivity index (χ3n) is 4.85. The maximum atomic E-state index is 13.7. The lowest BCUT2D eigenvalue weighted by molar-refractivity contribution is -0.122. The Balaban J connectivity index is 1.90. The topological polar surface area (TPSA) is 118 Å². The van der Waals surface area contributed by atoms with Gasteiger partial charge in [-0.15, -0.1) is 0 Å². The highest BCUT2D eigenvalue weighted by atomic mass is 19.1. The van der Waals surface area contributed by atoms with Gasteiger partial charge < -0.3 is 30.3 Å². The molecule has 0 atom stereocenters. The number of ether oxygens (including phenoxy) is 2. The molecule has 0 aliphatic carbocycles. The first kappa shape index (κ1) is 30.2.